The van der Waals surface area contributed by atoms with Crippen LogP contribution in [0.25, 0.3) is 0 Å². The Hall–Kier alpha value is -0.940. The molecule has 0 bridgehead atoms. The van der Waals surface area contributed by atoms with Crippen molar-refractivity contribution >= 4 is 17.2 Å². The van der Waals surface area contributed by atoms with Gasteiger partial charge in [0.05, 0.1) is 23.8 Å². The molecular formula is C12H21N3OS. The van der Waals surface area contributed by atoms with Crippen LogP contribution < -0.4 is 5.32 Å². The van der Waals surface area contributed by atoms with Gasteiger partial charge in [0, 0.05) is 18.5 Å². The number of rotatable bonds is 6. The molecule has 1 amide bonds. The van der Waals surface area contributed by atoms with Crippen LogP contribution in [-0.2, 0) is 11.3 Å². The molecule has 0 fully saturated rings. The van der Waals surface area contributed by atoms with Crippen LogP contribution in [0.2, 0.25) is 0 Å². The molecule has 1 unspecified atom stereocenters. The van der Waals surface area contributed by atoms with Crippen molar-refractivity contribution in [1.82, 2.24) is 15.2 Å². The van der Waals surface area contributed by atoms with Crippen molar-refractivity contribution in [3.05, 3.63) is 16.1 Å². The molecule has 0 radical (unpaired) electrons. The van der Waals surface area contributed by atoms with Crippen LogP contribution in [0.1, 0.15) is 31.0 Å². The van der Waals surface area contributed by atoms with Gasteiger partial charge in [0.1, 0.15) is 0 Å². The zero-order chi connectivity index (χ0) is 12.8. The summed E-state index contributed by atoms with van der Waals surface area (Å²) in [6, 6.07) is 0.383. The SMILES string of the molecule is CCC(C)NCC(=O)N(C)Cc1csc(C)n1. The third-order valence-corrected chi connectivity index (χ3v) is 3.53. The standard InChI is InChI=1S/C12H21N3OS/c1-5-9(2)13-6-12(16)15(4)7-11-8-17-10(3)14-11/h8-9,13H,5-7H2,1-4H3. The van der Waals surface area contributed by atoms with E-state index in [4.69, 9.17) is 0 Å². The minimum atomic E-state index is 0.107. The summed E-state index contributed by atoms with van der Waals surface area (Å²) in [7, 11) is 1.81. The van der Waals surface area contributed by atoms with Gasteiger partial charge in [-0.1, -0.05) is 6.92 Å². The van der Waals surface area contributed by atoms with Gasteiger partial charge in [0.25, 0.3) is 0 Å². The van der Waals surface area contributed by atoms with E-state index in [-0.39, 0.29) is 5.91 Å². The minimum absolute atomic E-state index is 0.107. The molecule has 96 valence electrons. The molecule has 17 heavy (non-hydrogen) atoms. The molecule has 1 heterocycles. The molecule has 1 N–H and O–H groups in total. The minimum Gasteiger partial charge on any atom is -0.339 e. The molecule has 5 heteroatoms. The maximum Gasteiger partial charge on any atom is 0.236 e. The predicted octanol–water partition coefficient (Wildman–Crippen LogP) is 1.80. The molecule has 1 rings (SSSR count). The fourth-order valence-electron chi connectivity index (χ4n) is 1.35. The monoisotopic (exact) mass is 255 g/mol. The van der Waals surface area contributed by atoms with Gasteiger partial charge >= 0.3 is 0 Å². The number of likely N-dealkylation sites (N-methyl/N-ethyl adjacent to an activating group) is 1. The number of nitrogens with one attached hydrogen (secondary N) is 1. The Morgan fingerprint density at radius 2 is 2.35 bits per heavy atom. The van der Waals surface area contributed by atoms with Crippen molar-refractivity contribution in [2.24, 2.45) is 0 Å². The quantitative estimate of drug-likeness (QED) is 0.843. The third kappa shape index (κ3) is 4.83. The van der Waals surface area contributed by atoms with E-state index in [1.807, 2.05) is 19.4 Å². The highest BCUT2D eigenvalue weighted by Crippen LogP contribution is 2.09. The number of aryl methyl sites for hydroxylation is 1. The molecule has 4 nitrogen and oxygen atoms in total. The number of thiazole rings is 1. The van der Waals surface area contributed by atoms with Crippen LogP contribution >= 0.6 is 11.3 Å². The Kier molecular flexibility index (Phi) is 5.58. The molecule has 0 aliphatic rings. The van der Waals surface area contributed by atoms with Gasteiger partial charge in [-0.3, -0.25) is 4.79 Å². The van der Waals surface area contributed by atoms with Crippen LogP contribution in [0.15, 0.2) is 5.38 Å². The fraction of sp³-hybridized carbons (Fsp3) is 0.667. The summed E-state index contributed by atoms with van der Waals surface area (Å²) in [4.78, 5) is 17.9. The maximum atomic E-state index is 11.8. The van der Waals surface area contributed by atoms with Crippen LogP contribution in [0.5, 0.6) is 0 Å². The Labute approximate surface area is 107 Å². The fourth-order valence-corrected chi connectivity index (χ4v) is 1.96. The average Bonchev–Trinajstić information content (AvgIpc) is 2.70. The first-order chi connectivity index (χ1) is 8.02. The highest BCUT2D eigenvalue weighted by Gasteiger charge is 2.11. The zero-order valence-corrected chi connectivity index (χ0v) is 11.8. The van der Waals surface area contributed by atoms with E-state index in [2.05, 4.69) is 24.1 Å². The third-order valence-electron chi connectivity index (χ3n) is 2.71. The molecule has 1 aromatic heterocycles. The van der Waals surface area contributed by atoms with E-state index in [1.54, 1.807) is 16.2 Å². The lowest BCUT2D eigenvalue weighted by Gasteiger charge is -2.18. The Balaban J connectivity index is 2.36. The number of carbonyl (C=O) groups is 1. The zero-order valence-electron chi connectivity index (χ0n) is 11.0. The highest BCUT2D eigenvalue weighted by atomic mass is 32.1. The lowest BCUT2D eigenvalue weighted by molar-refractivity contribution is -0.129. The van der Waals surface area contributed by atoms with E-state index >= 15 is 0 Å². The van der Waals surface area contributed by atoms with E-state index in [1.165, 1.54) is 0 Å². The Morgan fingerprint density at radius 1 is 1.65 bits per heavy atom. The Morgan fingerprint density at radius 3 is 2.88 bits per heavy atom. The summed E-state index contributed by atoms with van der Waals surface area (Å²) < 4.78 is 0. The van der Waals surface area contributed by atoms with Crippen molar-refractivity contribution in [2.45, 2.75) is 39.8 Å². The van der Waals surface area contributed by atoms with E-state index < -0.39 is 0 Å². The Bertz CT molecular complexity index is 364. The molecule has 0 spiro atoms. The first-order valence-electron chi connectivity index (χ1n) is 5.91. The summed E-state index contributed by atoms with van der Waals surface area (Å²) in [6.45, 7) is 7.14. The van der Waals surface area contributed by atoms with Crippen molar-refractivity contribution < 1.29 is 4.79 Å². The lowest BCUT2D eigenvalue weighted by atomic mass is 10.2. The normalized spacial score (nSPS) is 12.5. The van der Waals surface area contributed by atoms with Crippen molar-refractivity contribution in [3.8, 4) is 0 Å². The number of amides is 1. The van der Waals surface area contributed by atoms with Gasteiger partial charge in [-0.15, -0.1) is 11.3 Å². The second-order valence-electron chi connectivity index (χ2n) is 4.30. The highest BCUT2D eigenvalue weighted by molar-refractivity contribution is 7.09. The van der Waals surface area contributed by atoms with Gasteiger partial charge in [-0.05, 0) is 20.3 Å². The predicted molar refractivity (Wildman–Crippen MR) is 71.1 cm³/mol. The van der Waals surface area contributed by atoms with Gasteiger partial charge < -0.3 is 10.2 Å². The molecule has 0 aliphatic heterocycles. The summed E-state index contributed by atoms with van der Waals surface area (Å²) in [5, 5.41) is 6.24. The summed E-state index contributed by atoms with van der Waals surface area (Å²) in [5.41, 5.74) is 0.965. The summed E-state index contributed by atoms with van der Waals surface area (Å²) in [5.74, 6) is 0.107. The topological polar surface area (TPSA) is 45.2 Å². The average molecular weight is 255 g/mol. The van der Waals surface area contributed by atoms with Gasteiger partial charge in [-0.25, -0.2) is 4.98 Å². The molecule has 0 aromatic carbocycles. The van der Waals surface area contributed by atoms with Gasteiger partial charge in [0.2, 0.25) is 5.91 Å². The lowest BCUT2D eigenvalue weighted by Crippen LogP contribution is -2.38. The second-order valence-corrected chi connectivity index (χ2v) is 5.36. The second kappa shape index (κ2) is 6.71. The molecule has 0 saturated heterocycles. The largest absolute Gasteiger partial charge is 0.339 e. The summed E-state index contributed by atoms with van der Waals surface area (Å²) in [6.07, 6.45) is 1.03. The van der Waals surface area contributed by atoms with Crippen molar-refractivity contribution in [2.75, 3.05) is 13.6 Å². The molecular weight excluding hydrogens is 234 g/mol. The van der Waals surface area contributed by atoms with Crippen LogP contribution in [0.3, 0.4) is 0 Å². The van der Waals surface area contributed by atoms with Crippen LogP contribution in [0, 0.1) is 6.92 Å². The smallest absolute Gasteiger partial charge is 0.236 e. The first kappa shape index (κ1) is 14.1. The molecule has 0 saturated carbocycles. The number of nitrogens with zero attached hydrogens (tertiary/aromatic N) is 2. The maximum absolute atomic E-state index is 11.8. The molecule has 1 aromatic rings. The van der Waals surface area contributed by atoms with Crippen molar-refractivity contribution in [3.63, 3.8) is 0 Å². The first-order valence-corrected chi connectivity index (χ1v) is 6.79. The molecule has 0 aliphatic carbocycles. The number of hydrogen-bond donors (Lipinski definition) is 1. The van der Waals surface area contributed by atoms with Crippen LogP contribution in [-0.4, -0.2) is 35.4 Å². The number of aromatic nitrogens is 1. The van der Waals surface area contributed by atoms with Crippen LogP contribution in [0.4, 0.5) is 0 Å². The number of hydrogen-bond acceptors (Lipinski definition) is 4. The van der Waals surface area contributed by atoms with Crippen molar-refractivity contribution in [1.29, 1.82) is 0 Å². The van der Waals surface area contributed by atoms with Gasteiger partial charge in [-0.2, -0.15) is 0 Å². The van der Waals surface area contributed by atoms with E-state index in [0.29, 0.717) is 19.1 Å². The van der Waals surface area contributed by atoms with Gasteiger partial charge in [0.15, 0.2) is 0 Å². The number of carbonyl (C=O) groups excluding carboxylic acids is 1. The summed E-state index contributed by atoms with van der Waals surface area (Å²) >= 11 is 1.62. The van der Waals surface area contributed by atoms with E-state index in [9.17, 15) is 4.79 Å². The molecule has 1 atom stereocenters. The van der Waals surface area contributed by atoms with E-state index in [0.717, 1.165) is 17.1 Å².